The Morgan fingerprint density at radius 3 is 3.14 bits per heavy atom. The van der Waals surface area contributed by atoms with Crippen LogP contribution < -0.4 is 5.32 Å². The van der Waals surface area contributed by atoms with Gasteiger partial charge in [-0.05, 0) is 19.4 Å². The van der Waals surface area contributed by atoms with Crippen LogP contribution in [0.15, 0.2) is 12.3 Å². The monoisotopic (exact) mass is 197 g/mol. The van der Waals surface area contributed by atoms with Crippen LogP contribution in [0.3, 0.4) is 0 Å². The number of aromatic nitrogens is 2. The van der Waals surface area contributed by atoms with Gasteiger partial charge in [-0.15, -0.1) is 0 Å². The Morgan fingerprint density at radius 1 is 1.79 bits per heavy atom. The molecule has 0 spiro atoms. The molecule has 0 saturated heterocycles. The molecule has 14 heavy (non-hydrogen) atoms. The van der Waals surface area contributed by atoms with Crippen molar-refractivity contribution in [3.8, 4) is 0 Å². The standard InChI is InChI=1S/C9H15N3O2/c1-7(2-3-9(13)14)10-6-8-4-5-11-12-8/h4-5,7,10H,2-3,6H2,1H3,(H,11,12)(H,13,14). The molecular formula is C9H15N3O2. The summed E-state index contributed by atoms with van der Waals surface area (Å²) in [6.07, 6.45) is 2.54. The number of carboxylic acid groups (broad SMARTS) is 1. The second kappa shape index (κ2) is 5.39. The van der Waals surface area contributed by atoms with Crippen molar-refractivity contribution < 1.29 is 9.90 Å². The van der Waals surface area contributed by atoms with Crippen LogP contribution in [-0.4, -0.2) is 27.3 Å². The summed E-state index contributed by atoms with van der Waals surface area (Å²) in [4.78, 5) is 10.3. The second-order valence-electron chi connectivity index (χ2n) is 3.30. The van der Waals surface area contributed by atoms with Gasteiger partial charge in [0.15, 0.2) is 0 Å². The van der Waals surface area contributed by atoms with E-state index in [0.717, 1.165) is 5.69 Å². The number of hydrogen-bond acceptors (Lipinski definition) is 3. The lowest BCUT2D eigenvalue weighted by Crippen LogP contribution is -2.26. The molecule has 0 bridgehead atoms. The largest absolute Gasteiger partial charge is 0.481 e. The van der Waals surface area contributed by atoms with Crippen molar-refractivity contribution in [2.45, 2.75) is 32.4 Å². The van der Waals surface area contributed by atoms with Crippen LogP contribution >= 0.6 is 0 Å². The molecule has 3 N–H and O–H groups in total. The van der Waals surface area contributed by atoms with Crippen molar-refractivity contribution in [2.75, 3.05) is 0 Å². The number of hydrogen-bond donors (Lipinski definition) is 3. The summed E-state index contributed by atoms with van der Waals surface area (Å²) in [7, 11) is 0. The van der Waals surface area contributed by atoms with Crippen molar-refractivity contribution in [3.63, 3.8) is 0 Å². The maximum atomic E-state index is 10.3. The minimum Gasteiger partial charge on any atom is -0.481 e. The van der Waals surface area contributed by atoms with Crippen LogP contribution in [0.5, 0.6) is 0 Å². The number of nitrogens with one attached hydrogen (secondary N) is 2. The van der Waals surface area contributed by atoms with Gasteiger partial charge >= 0.3 is 5.97 Å². The highest BCUT2D eigenvalue weighted by Gasteiger charge is 2.04. The lowest BCUT2D eigenvalue weighted by Gasteiger charge is -2.11. The van der Waals surface area contributed by atoms with E-state index in [-0.39, 0.29) is 12.5 Å². The van der Waals surface area contributed by atoms with Gasteiger partial charge in [0.1, 0.15) is 0 Å². The van der Waals surface area contributed by atoms with Gasteiger partial charge in [0.2, 0.25) is 0 Å². The molecule has 1 rings (SSSR count). The van der Waals surface area contributed by atoms with Crippen LogP contribution in [0.1, 0.15) is 25.5 Å². The first-order chi connectivity index (χ1) is 6.68. The third-order valence-corrected chi connectivity index (χ3v) is 1.99. The molecule has 78 valence electrons. The summed E-state index contributed by atoms with van der Waals surface area (Å²) in [6.45, 7) is 2.67. The van der Waals surface area contributed by atoms with Gasteiger partial charge in [0, 0.05) is 30.9 Å². The predicted molar refractivity (Wildman–Crippen MR) is 51.8 cm³/mol. The Kier molecular flexibility index (Phi) is 4.12. The van der Waals surface area contributed by atoms with Crippen molar-refractivity contribution in [1.29, 1.82) is 0 Å². The van der Waals surface area contributed by atoms with Crippen LogP contribution in [0.4, 0.5) is 0 Å². The summed E-state index contributed by atoms with van der Waals surface area (Å²) in [5, 5.41) is 18.3. The zero-order valence-electron chi connectivity index (χ0n) is 8.16. The molecular weight excluding hydrogens is 182 g/mol. The lowest BCUT2D eigenvalue weighted by molar-refractivity contribution is -0.137. The van der Waals surface area contributed by atoms with Crippen molar-refractivity contribution in [3.05, 3.63) is 18.0 Å². The first-order valence-electron chi connectivity index (χ1n) is 4.62. The fourth-order valence-corrected chi connectivity index (χ4v) is 1.11. The third-order valence-electron chi connectivity index (χ3n) is 1.99. The van der Waals surface area contributed by atoms with E-state index >= 15 is 0 Å². The molecule has 0 amide bonds. The van der Waals surface area contributed by atoms with Gasteiger partial charge in [0.25, 0.3) is 0 Å². The van der Waals surface area contributed by atoms with Crippen LogP contribution in [0, 0.1) is 0 Å². The number of carbonyl (C=O) groups is 1. The smallest absolute Gasteiger partial charge is 0.303 e. The molecule has 1 atom stereocenters. The SMILES string of the molecule is CC(CCC(=O)O)NCc1ccn[nH]1. The lowest BCUT2D eigenvalue weighted by atomic mass is 10.2. The van der Waals surface area contributed by atoms with E-state index in [4.69, 9.17) is 5.11 Å². The summed E-state index contributed by atoms with van der Waals surface area (Å²) in [5.41, 5.74) is 1.01. The molecule has 1 unspecified atom stereocenters. The Morgan fingerprint density at radius 2 is 2.57 bits per heavy atom. The minimum atomic E-state index is -0.750. The molecule has 0 fully saturated rings. The maximum absolute atomic E-state index is 10.3. The third kappa shape index (κ3) is 4.04. The molecule has 0 aliphatic heterocycles. The van der Waals surface area contributed by atoms with E-state index in [1.165, 1.54) is 0 Å². The van der Waals surface area contributed by atoms with Gasteiger partial charge in [-0.1, -0.05) is 0 Å². The molecule has 0 radical (unpaired) electrons. The highest BCUT2D eigenvalue weighted by Crippen LogP contribution is 1.98. The quantitative estimate of drug-likeness (QED) is 0.629. The summed E-state index contributed by atoms with van der Waals surface area (Å²) in [5.74, 6) is -0.750. The van der Waals surface area contributed by atoms with Gasteiger partial charge in [-0.2, -0.15) is 5.10 Å². The molecule has 1 aromatic rings. The van der Waals surface area contributed by atoms with Gasteiger partial charge in [-0.3, -0.25) is 9.89 Å². The van der Waals surface area contributed by atoms with Crippen molar-refractivity contribution in [2.24, 2.45) is 0 Å². The first kappa shape index (κ1) is 10.7. The van der Waals surface area contributed by atoms with E-state index in [0.29, 0.717) is 13.0 Å². The second-order valence-corrected chi connectivity index (χ2v) is 3.30. The molecule has 0 aliphatic carbocycles. The first-order valence-corrected chi connectivity index (χ1v) is 4.62. The summed E-state index contributed by atoms with van der Waals surface area (Å²) >= 11 is 0. The average molecular weight is 197 g/mol. The summed E-state index contributed by atoms with van der Waals surface area (Å²) < 4.78 is 0. The molecule has 0 saturated carbocycles. The van der Waals surface area contributed by atoms with Crippen molar-refractivity contribution >= 4 is 5.97 Å². The normalized spacial score (nSPS) is 12.6. The fraction of sp³-hybridized carbons (Fsp3) is 0.556. The topological polar surface area (TPSA) is 78.0 Å². The number of aliphatic carboxylic acids is 1. The highest BCUT2D eigenvalue weighted by molar-refractivity contribution is 5.66. The number of aromatic amines is 1. The molecule has 5 nitrogen and oxygen atoms in total. The van der Waals surface area contributed by atoms with Gasteiger partial charge in [0.05, 0.1) is 0 Å². The van der Waals surface area contributed by atoms with Crippen LogP contribution in [0.25, 0.3) is 0 Å². The van der Waals surface area contributed by atoms with E-state index in [1.54, 1.807) is 6.20 Å². The predicted octanol–water partition coefficient (Wildman–Crippen LogP) is 0.753. The number of H-pyrrole nitrogens is 1. The molecule has 5 heteroatoms. The number of nitrogens with zero attached hydrogens (tertiary/aromatic N) is 1. The fourth-order valence-electron chi connectivity index (χ4n) is 1.11. The number of rotatable bonds is 6. The molecule has 1 heterocycles. The average Bonchev–Trinajstić information content (AvgIpc) is 2.63. The Labute approximate surface area is 82.5 Å². The molecule has 0 aliphatic rings. The van der Waals surface area contributed by atoms with Gasteiger partial charge < -0.3 is 10.4 Å². The van der Waals surface area contributed by atoms with Crippen molar-refractivity contribution in [1.82, 2.24) is 15.5 Å². The Hall–Kier alpha value is -1.36. The maximum Gasteiger partial charge on any atom is 0.303 e. The zero-order valence-corrected chi connectivity index (χ0v) is 8.16. The molecule has 1 aromatic heterocycles. The Bertz CT molecular complexity index is 272. The van der Waals surface area contributed by atoms with E-state index in [1.807, 2.05) is 13.0 Å². The van der Waals surface area contributed by atoms with E-state index in [9.17, 15) is 4.79 Å². The van der Waals surface area contributed by atoms with Crippen LogP contribution in [0.2, 0.25) is 0 Å². The zero-order chi connectivity index (χ0) is 10.4. The molecule has 0 aromatic carbocycles. The van der Waals surface area contributed by atoms with E-state index in [2.05, 4.69) is 15.5 Å². The number of carboxylic acids is 1. The van der Waals surface area contributed by atoms with Gasteiger partial charge in [-0.25, -0.2) is 0 Å². The summed E-state index contributed by atoms with van der Waals surface area (Å²) in [6, 6.07) is 2.09. The van der Waals surface area contributed by atoms with E-state index < -0.39 is 5.97 Å². The van der Waals surface area contributed by atoms with Crippen LogP contribution in [-0.2, 0) is 11.3 Å². The highest BCUT2D eigenvalue weighted by atomic mass is 16.4. The minimum absolute atomic E-state index is 0.203. The Balaban J connectivity index is 2.15.